The number of rotatable bonds is 6. The molecular weight excluding hydrogens is 284 g/mol. The van der Waals surface area contributed by atoms with E-state index < -0.39 is 0 Å². The molecule has 0 atom stereocenters. The second-order valence-electron chi connectivity index (χ2n) is 4.25. The highest BCUT2D eigenvalue weighted by atomic mass is 32.1. The lowest BCUT2D eigenvalue weighted by Gasteiger charge is -2.12. The van der Waals surface area contributed by atoms with Crippen LogP contribution in [0.15, 0.2) is 54.6 Å². The predicted molar refractivity (Wildman–Crippen MR) is 89.2 cm³/mol. The van der Waals surface area contributed by atoms with Crippen LogP contribution in [0.2, 0.25) is 0 Å². The summed E-state index contributed by atoms with van der Waals surface area (Å²) in [5, 5.41) is 6.77. The Kier molecular flexibility index (Phi) is 5.84. The fourth-order valence-corrected chi connectivity index (χ4v) is 1.98. The van der Waals surface area contributed by atoms with Crippen molar-refractivity contribution < 1.29 is 9.47 Å². The lowest BCUT2D eigenvalue weighted by molar-refractivity contribution is 0.298. The Morgan fingerprint density at radius 2 is 1.67 bits per heavy atom. The van der Waals surface area contributed by atoms with E-state index in [0.29, 0.717) is 18.3 Å². The van der Waals surface area contributed by atoms with E-state index in [9.17, 15) is 0 Å². The molecule has 0 aliphatic heterocycles. The Balaban J connectivity index is 1.71. The van der Waals surface area contributed by atoms with Crippen molar-refractivity contribution in [3.8, 4) is 11.5 Å². The third kappa shape index (κ3) is 4.96. The maximum absolute atomic E-state index is 5.65. The Morgan fingerprint density at radius 1 is 1.00 bits per heavy atom. The topological polar surface area (TPSA) is 42.5 Å². The first-order valence-electron chi connectivity index (χ1n) is 6.65. The smallest absolute Gasteiger partial charge is 0.170 e. The molecule has 2 aromatic rings. The Morgan fingerprint density at radius 3 is 2.38 bits per heavy atom. The van der Waals surface area contributed by atoms with E-state index in [1.807, 2.05) is 54.6 Å². The quantitative estimate of drug-likeness (QED) is 0.634. The molecule has 0 amide bonds. The van der Waals surface area contributed by atoms with Crippen molar-refractivity contribution in [3.05, 3.63) is 54.6 Å². The molecule has 0 bridgehead atoms. The van der Waals surface area contributed by atoms with Gasteiger partial charge in [0.25, 0.3) is 0 Å². The molecule has 0 aliphatic rings. The number of methoxy groups -OCH3 is 1. The summed E-state index contributed by atoms with van der Waals surface area (Å²) in [5.41, 5.74) is 0.959. The van der Waals surface area contributed by atoms with Crippen LogP contribution in [0.1, 0.15) is 0 Å². The highest BCUT2D eigenvalue weighted by Crippen LogP contribution is 2.25. The van der Waals surface area contributed by atoms with Crippen LogP contribution in [0.4, 0.5) is 5.69 Å². The lowest BCUT2D eigenvalue weighted by atomic mass is 10.3. The number of thiocarbonyl (C=S) groups is 1. The third-order valence-electron chi connectivity index (χ3n) is 2.75. The number of benzene rings is 2. The van der Waals surface area contributed by atoms with Crippen LogP contribution < -0.4 is 20.1 Å². The molecule has 0 saturated carbocycles. The Bertz CT molecular complexity index is 575. The second kappa shape index (κ2) is 8.11. The van der Waals surface area contributed by atoms with Crippen LogP contribution in [0.5, 0.6) is 11.5 Å². The summed E-state index contributed by atoms with van der Waals surface area (Å²) < 4.78 is 10.9. The molecule has 5 heteroatoms. The van der Waals surface area contributed by atoms with E-state index in [-0.39, 0.29) is 0 Å². The van der Waals surface area contributed by atoms with Gasteiger partial charge in [0.15, 0.2) is 16.6 Å². The molecule has 0 saturated heterocycles. The molecule has 0 heterocycles. The predicted octanol–water partition coefficient (Wildman–Crippen LogP) is 3.06. The highest BCUT2D eigenvalue weighted by Gasteiger charge is 2.02. The van der Waals surface area contributed by atoms with Crippen molar-refractivity contribution in [3.63, 3.8) is 0 Å². The van der Waals surface area contributed by atoms with Gasteiger partial charge in [0.05, 0.1) is 13.7 Å². The molecule has 0 radical (unpaired) electrons. The standard InChI is InChI=1S/C16H18N2O2S/c1-19-14-9-5-6-10-15(14)20-12-11-17-16(21)18-13-7-3-2-4-8-13/h2-10H,11-12H2,1H3,(H2,17,18,21). The number of hydrogen-bond donors (Lipinski definition) is 2. The molecule has 0 spiro atoms. The van der Waals surface area contributed by atoms with Crippen LogP contribution in [0.3, 0.4) is 0 Å². The van der Waals surface area contributed by atoms with Crippen LogP contribution in [-0.4, -0.2) is 25.4 Å². The van der Waals surface area contributed by atoms with Gasteiger partial charge in [0.1, 0.15) is 6.61 Å². The minimum Gasteiger partial charge on any atom is -0.493 e. The number of anilines is 1. The molecule has 2 rings (SSSR count). The van der Waals surface area contributed by atoms with Gasteiger partial charge in [-0.1, -0.05) is 30.3 Å². The van der Waals surface area contributed by atoms with Crippen LogP contribution >= 0.6 is 12.2 Å². The first-order valence-corrected chi connectivity index (χ1v) is 7.06. The summed E-state index contributed by atoms with van der Waals surface area (Å²) in [4.78, 5) is 0. The summed E-state index contributed by atoms with van der Waals surface area (Å²) in [5.74, 6) is 1.45. The van der Waals surface area contributed by atoms with Gasteiger partial charge < -0.3 is 20.1 Å². The number of nitrogens with one attached hydrogen (secondary N) is 2. The summed E-state index contributed by atoms with van der Waals surface area (Å²) in [6.07, 6.45) is 0. The Labute approximate surface area is 130 Å². The van der Waals surface area contributed by atoms with E-state index in [2.05, 4.69) is 10.6 Å². The summed E-state index contributed by atoms with van der Waals surface area (Å²) in [6, 6.07) is 17.3. The summed E-state index contributed by atoms with van der Waals surface area (Å²) >= 11 is 5.21. The highest BCUT2D eigenvalue weighted by molar-refractivity contribution is 7.80. The molecule has 0 unspecified atom stereocenters. The molecule has 110 valence electrons. The number of hydrogen-bond acceptors (Lipinski definition) is 3. The van der Waals surface area contributed by atoms with Gasteiger partial charge in [-0.05, 0) is 36.5 Å². The van der Waals surface area contributed by atoms with E-state index in [1.165, 1.54) is 0 Å². The van der Waals surface area contributed by atoms with Gasteiger partial charge in [-0.25, -0.2) is 0 Å². The van der Waals surface area contributed by atoms with E-state index in [1.54, 1.807) is 7.11 Å². The van der Waals surface area contributed by atoms with Crippen LogP contribution in [-0.2, 0) is 0 Å². The summed E-state index contributed by atoms with van der Waals surface area (Å²) in [7, 11) is 1.62. The van der Waals surface area contributed by atoms with Gasteiger partial charge >= 0.3 is 0 Å². The van der Waals surface area contributed by atoms with Crippen molar-refractivity contribution in [2.45, 2.75) is 0 Å². The largest absolute Gasteiger partial charge is 0.493 e. The third-order valence-corrected chi connectivity index (χ3v) is 2.99. The second-order valence-corrected chi connectivity index (χ2v) is 4.65. The van der Waals surface area contributed by atoms with Crippen LogP contribution in [0.25, 0.3) is 0 Å². The zero-order valence-electron chi connectivity index (χ0n) is 11.8. The van der Waals surface area contributed by atoms with Gasteiger partial charge in [-0.2, -0.15) is 0 Å². The molecule has 4 nitrogen and oxygen atoms in total. The van der Waals surface area contributed by atoms with Gasteiger partial charge in [0, 0.05) is 5.69 Å². The van der Waals surface area contributed by atoms with E-state index >= 15 is 0 Å². The van der Waals surface area contributed by atoms with Gasteiger partial charge in [-0.15, -0.1) is 0 Å². The normalized spacial score (nSPS) is 9.76. The maximum Gasteiger partial charge on any atom is 0.170 e. The van der Waals surface area contributed by atoms with Crippen molar-refractivity contribution in [1.82, 2.24) is 5.32 Å². The molecule has 0 aliphatic carbocycles. The minimum atomic E-state index is 0.497. The first kappa shape index (κ1) is 15.1. The molecule has 0 fully saturated rings. The monoisotopic (exact) mass is 302 g/mol. The average Bonchev–Trinajstić information content (AvgIpc) is 2.53. The number of para-hydroxylation sites is 3. The first-order chi connectivity index (χ1) is 10.3. The van der Waals surface area contributed by atoms with E-state index in [0.717, 1.165) is 17.2 Å². The summed E-state index contributed by atoms with van der Waals surface area (Å²) in [6.45, 7) is 1.10. The average molecular weight is 302 g/mol. The fraction of sp³-hybridized carbons (Fsp3) is 0.188. The molecule has 2 aromatic carbocycles. The maximum atomic E-state index is 5.65. The number of ether oxygens (including phenoxy) is 2. The molecule has 0 aromatic heterocycles. The minimum absolute atomic E-state index is 0.497. The molecular formula is C16H18N2O2S. The van der Waals surface area contributed by atoms with Crippen molar-refractivity contribution >= 4 is 23.0 Å². The van der Waals surface area contributed by atoms with Crippen molar-refractivity contribution in [1.29, 1.82) is 0 Å². The zero-order chi connectivity index (χ0) is 14.9. The zero-order valence-corrected chi connectivity index (χ0v) is 12.7. The lowest BCUT2D eigenvalue weighted by Crippen LogP contribution is -2.31. The molecule has 21 heavy (non-hydrogen) atoms. The van der Waals surface area contributed by atoms with Gasteiger partial charge in [0.2, 0.25) is 0 Å². The van der Waals surface area contributed by atoms with Crippen LogP contribution in [0, 0.1) is 0 Å². The SMILES string of the molecule is COc1ccccc1OCCNC(=S)Nc1ccccc1. The molecule has 2 N–H and O–H groups in total. The van der Waals surface area contributed by atoms with Gasteiger partial charge in [-0.3, -0.25) is 0 Å². The van der Waals surface area contributed by atoms with E-state index in [4.69, 9.17) is 21.7 Å². The fourth-order valence-electron chi connectivity index (χ4n) is 1.76. The van der Waals surface area contributed by atoms with Crippen molar-refractivity contribution in [2.75, 3.05) is 25.6 Å². The van der Waals surface area contributed by atoms with Crippen molar-refractivity contribution in [2.24, 2.45) is 0 Å². The Hall–Kier alpha value is -2.27.